The number of methoxy groups -OCH3 is 1. The third kappa shape index (κ3) is 3.10. The Hall–Kier alpha value is -2.40. The molecular formula is C22H25FN2O2. The van der Waals surface area contributed by atoms with E-state index in [0.717, 1.165) is 43.9 Å². The maximum Gasteiger partial charge on any atom is 0.258 e. The van der Waals surface area contributed by atoms with Gasteiger partial charge < -0.3 is 14.5 Å². The van der Waals surface area contributed by atoms with E-state index in [-0.39, 0.29) is 17.1 Å². The highest BCUT2D eigenvalue weighted by Gasteiger charge is 2.46. The van der Waals surface area contributed by atoms with E-state index in [0.29, 0.717) is 12.1 Å². The molecule has 0 bridgehead atoms. The minimum Gasteiger partial charge on any atom is -0.497 e. The molecule has 2 aromatic carbocycles. The van der Waals surface area contributed by atoms with Crippen molar-refractivity contribution in [2.45, 2.75) is 25.2 Å². The third-order valence-electron chi connectivity index (χ3n) is 6.12. The maximum absolute atomic E-state index is 13.3. The van der Waals surface area contributed by atoms with Crippen molar-refractivity contribution in [3.8, 4) is 5.75 Å². The molecule has 1 fully saturated rings. The second-order valence-electron chi connectivity index (χ2n) is 7.50. The highest BCUT2D eigenvalue weighted by atomic mass is 19.1. The summed E-state index contributed by atoms with van der Waals surface area (Å²) in [5, 5.41) is 0. The highest BCUT2D eigenvalue weighted by molar-refractivity contribution is 6.07. The van der Waals surface area contributed by atoms with Gasteiger partial charge in [-0.25, -0.2) is 4.39 Å². The molecule has 1 spiro atoms. The largest absolute Gasteiger partial charge is 0.497 e. The first-order valence-electron chi connectivity index (χ1n) is 9.54. The molecule has 142 valence electrons. The molecule has 2 aromatic rings. The molecule has 0 unspecified atom stereocenters. The van der Waals surface area contributed by atoms with Crippen LogP contribution in [0.5, 0.6) is 5.75 Å². The van der Waals surface area contributed by atoms with Gasteiger partial charge in [-0.3, -0.25) is 4.79 Å². The van der Waals surface area contributed by atoms with Gasteiger partial charge in [0.1, 0.15) is 11.6 Å². The second kappa shape index (κ2) is 6.97. The van der Waals surface area contributed by atoms with Gasteiger partial charge in [-0.2, -0.15) is 0 Å². The van der Waals surface area contributed by atoms with E-state index in [1.807, 2.05) is 17.0 Å². The Kier molecular flexibility index (Phi) is 4.64. The Labute approximate surface area is 159 Å². The molecule has 5 heteroatoms. The molecular weight excluding hydrogens is 343 g/mol. The average molecular weight is 368 g/mol. The van der Waals surface area contributed by atoms with Crippen molar-refractivity contribution >= 4 is 11.6 Å². The summed E-state index contributed by atoms with van der Waals surface area (Å²) >= 11 is 0. The van der Waals surface area contributed by atoms with E-state index >= 15 is 0 Å². The quantitative estimate of drug-likeness (QED) is 0.825. The number of carbonyl (C=O) groups is 1. The number of amides is 1. The minimum absolute atomic E-state index is 0.0365. The fourth-order valence-corrected chi connectivity index (χ4v) is 4.43. The number of anilines is 1. The first-order chi connectivity index (χ1) is 13.1. The van der Waals surface area contributed by atoms with Gasteiger partial charge in [-0.1, -0.05) is 6.92 Å². The molecule has 2 aliphatic heterocycles. The van der Waals surface area contributed by atoms with Crippen molar-refractivity contribution in [2.75, 3.05) is 38.2 Å². The summed E-state index contributed by atoms with van der Waals surface area (Å²) in [4.78, 5) is 17.5. The number of piperidine rings is 1. The average Bonchev–Trinajstić information content (AvgIpc) is 3.02. The van der Waals surface area contributed by atoms with Crippen LogP contribution in [-0.4, -0.2) is 44.1 Å². The molecule has 4 rings (SSSR count). The van der Waals surface area contributed by atoms with Crippen LogP contribution >= 0.6 is 0 Å². The fourth-order valence-electron chi connectivity index (χ4n) is 4.43. The SMILES string of the molecule is CCN1CCC2(CC1)CN(C(=O)c1ccc(F)cc1)c1ccc(OC)cc12. The van der Waals surface area contributed by atoms with Crippen LogP contribution in [0.2, 0.25) is 0 Å². The first kappa shape index (κ1) is 18.0. The van der Waals surface area contributed by atoms with E-state index in [4.69, 9.17) is 4.74 Å². The lowest BCUT2D eigenvalue weighted by Crippen LogP contribution is -2.46. The zero-order chi connectivity index (χ0) is 19.0. The lowest BCUT2D eigenvalue weighted by Gasteiger charge is -2.39. The van der Waals surface area contributed by atoms with Gasteiger partial charge >= 0.3 is 0 Å². The zero-order valence-electron chi connectivity index (χ0n) is 15.9. The normalized spacial score (nSPS) is 18.6. The van der Waals surface area contributed by atoms with Crippen molar-refractivity contribution in [3.63, 3.8) is 0 Å². The van der Waals surface area contributed by atoms with Crippen LogP contribution in [0.25, 0.3) is 0 Å². The van der Waals surface area contributed by atoms with Gasteiger partial charge in [0, 0.05) is 23.2 Å². The summed E-state index contributed by atoms with van der Waals surface area (Å²) in [5.41, 5.74) is 2.63. The monoisotopic (exact) mass is 368 g/mol. The van der Waals surface area contributed by atoms with Crippen molar-refractivity contribution in [1.29, 1.82) is 0 Å². The number of ether oxygens (including phenoxy) is 1. The number of hydrogen-bond acceptors (Lipinski definition) is 3. The van der Waals surface area contributed by atoms with E-state index in [1.54, 1.807) is 19.2 Å². The molecule has 0 radical (unpaired) electrons. The maximum atomic E-state index is 13.3. The number of halogens is 1. The topological polar surface area (TPSA) is 32.8 Å². The van der Waals surface area contributed by atoms with Crippen molar-refractivity contribution in [2.24, 2.45) is 0 Å². The molecule has 2 aliphatic rings. The van der Waals surface area contributed by atoms with Crippen molar-refractivity contribution in [1.82, 2.24) is 4.90 Å². The predicted octanol–water partition coefficient (Wildman–Crippen LogP) is 3.85. The van der Waals surface area contributed by atoms with E-state index in [1.165, 1.54) is 17.7 Å². The van der Waals surface area contributed by atoms with Gasteiger partial charge in [0.25, 0.3) is 5.91 Å². The fraction of sp³-hybridized carbons (Fsp3) is 0.409. The molecule has 2 heterocycles. The van der Waals surface area contributed by atoms with Gasteiger partial charge in [0.15, 0.2) is 0 Å². The molecule has 0 saturated carbocycles. The van der Waals surface area contributed by atoms with E-state index < -0.39 is 0 Å². The molecule has 4 nitrogen and oxygen atoms in total. The molecule has 0 atom stereocenters. The van der Waals surface area contributed by atoms with Crippen LogP contribution in [0, 0.1) is 5.82 Å². The number of carbonyl (C=O) groups excluding carboxylic acids is 1. The van der Waals surface area contributed by atoms with Crippen LogP contribution < -0.4 is 9.64 Å². The first-order valence-corrected chi connectivity index (χ1v) is 9.54. The number of nitrogens with zero attached hydrogens (tertiary/aromatic N) is 2. The Morgan fingerprint density at radius 2 is 1.85 bits per heavy atom. The van der Waals surface area contributed by atoms with Gasteiger partial charge in [-0.05, 0) is 80.5 Å². The number of hydrogen-bond donors (Lipinski definition) is 0. The van der Waals surface area contributed by atoms with E-state index in [9.17, 15) is 9.18 Å². The van der Waals surface area contributed by atoms with Crippen LogP contribution in [0.1, 0.15) is 35.7 Å². The van der Waals surface area contributed by atoms with Crippen molar-refractivity contribution in [3.05, 3.63) is 59.4 Å². The Bertz CT molecular complexity index is 842. The summed E-state index contributed by atoms with van der Waals surface area (Å²) in [7, 11) is 1.67. The molecule has 0 aliphatic carbocycles. The number of benzene rings is 2. The van der Waals surface area contributed by atoms with Crippen LogP contribution in [0.4, 0.5) is 10.1 Å². The van der Waals surface area contributed by atoms with E-state index in [2.05, 4.69) is 17.9 Å². The summed E-state index contributed by atoms with van der Waals surface area (Å²) in [6.07, 6.45) is 2.04. The Morgan fingerprint density at radius 3 is 2.48 bits per heavy atom. The number of fused-ring (bicyclic) bond motifs is 2. The van der Waals surface area contributed by atoms with Crippen LogP contribution in [-0.2, 0) is 5.41 Å². The highest BCUT2D eigenvalue weighted by Crippen LogP contribution is 2.48. The van der Waals surface area contributed by atoms with Crippen LogP contribution in [0.3, 0.4) is 0 Å². The Morgan fingerprint density at radius 1 is 1.15 bits per heavy atom. The minimum atomic E-state index is -0.332. The summed E-state index contributed by atoms with van der Waals surface area (Å²) in [6.45, 7) is 5.98. The molecule has 0 aromatic heterocycles. The predicted molar refractivity (Wildman–Crippen MR) is 104 cm³/mol. The van der Waals surface area contributed by atoms with Gasteiger partial charge in [-0.15, -0.1) is 0 Å². The summed E-state index contributed by atoms with van der Waals surface area (Å²) < 4.78 is 18.7. The number of likely N-dealkylation sites (tertiary alicyclic amines) is 1. The molecule has 0 N–H and O–H groups in total. The molecule has 27 heavy (non-hydrogen) atoms. The third-order valence-corrected chi connectivity index (χ3v) is 6.12. The van der Waals surface area contributed by atoms with Crippen molar-refractivity contribution < 1.29 is 13.9 Å². The van der Waals surface area contributed by atoms with Gasteiger partial charge in [0.05, 0.1) is 7.11 Å². The lowest BCUT2D eigenvalue weighted by molar-refractivity contribution is 0.0977. The lowest BCUT2D eigenvalue weighted by atomic mass is 9.74. The zero-order valence-corrected chi connectivity index (χ0v) is 15.9. The molecule has 1 saturated heterocycles. The molecule has 1 amide bonds. The standard InChI is InChI=1S/C22H25FN2O2/c1-3-24-12-10-22(11-13-24)15-25(20-9-8-18(27-2)14-19(20)22)21(26)16-4-6-17(23)7-5-16/h4-9,14H,3,10-13,15H2,1-2H3. The summed E-state index contributed by atoms with van der Waals surface area (Å²) in [6, 6.07) is 11.8. The Balaban J connectivity index is 1.71. The second-order valence-corrected chi connectivity index (χ2v) is 7.50. The smallest absolute Gasteiger partial charge is 0.258 e. The van der Waals surface area contributed by atoms with Crippen LogP contribution in [0.15, 0.2) is 42.5 Å². The number of rotatable bonds is 3. The van der Waals surface area contributed by atoms with Gasteiger partial charge in [0.2, 0.25) is 0 Å². The summed E-state index contributed by atoms with van der Waals surface area (Å²) in [5.74, 6) is 0.417.